The molecule has 4 heteroatoms. The van der Waals surface area contributed by atoms with Crippen molar-refractivity contribution in [2.45, 2.75) is 46.6 Å². The second-order valence-electron chi connectivity index (χ2n) is 5.51. The van der Waals surface area contributed by atoms with Gasteiger partial charge in [-0.2, -0.15) is 0 Å². The van der Waals surface area contributed by atoms with Gasteiger partial charge in [0.25, 0.3) is 0 Å². The lowest BCUT2D eigenvalue weighted by Crippen LogP contribution is -2.25. The molecule has 1 aliphatic rings. The van der Waals surface area contributed by atoms with E-state index in [4.69, 9.17) is 0 Å². The lowest BCUT2D eigenvalue weighted by Gasteiger charge is -2.22. The van der Waals surface area contributed by atoms with Crippen molar-refractivity contribution in [2.24, 2.45) is 11.8 Å². The molecule has 0 amide bonds. The quantitative estimate of drug-likeness (QED) is 0.863. The minimum atomic E-state index is 0.540. The van der Waals surface area contributed by atoms with E-state index in [1.165, 1.54) is 12.8 Å². The number of aromatic nitrogens is 2. The Labute approximate surface area is 110 Å². The van der Waals surface area contributed by atoms with E-state index in [1.54, 1.807) is 0 Å². The van der Waals surface area contributed by atoms with E-state index in [0.717, 1.165) is 28.9 Å². The van der Waals surface area contributed by atoms with Crippen LogP contribution in [0.2, 0.25) is 0 Å². The average molecular weight is 248 g/mol. The molecule has 1 fully saturated rings. The molecule has 0 bridgehead atoms. The van der Waals surface area contributed by atoms with Gasteiger partial charge in [-0.25, -0.2) is 9.97 Å². The summed E-state index contributed by atoms with van der Waals surface area (Å²) in [5.74, 6) is 4.22. The Morgan fingerprint density at radius 1 is 1.06 bits per heavy atom. The van der Waals surface area contributed by atoms with Gasteiger partial charge in [-0.3, -0.25) is 0 Å². The Hall–Kier alpha value is -1.32. The molecule has 2 N–H and O–H groups in total. The summed E-state index contributed by atoms with van der Waals surface area (Å²) in [6.45, 7) is 8.67. The highest BCUT2D eigenvalue weighted by Gasteiger charge is 2.30. The molecule has 1 saturated carbocycles. The van der Waals surface area contributed by atoms with Gasteiger partial charge in [0.2, 0.25) is 0 Å². The van der Waals surface area contributed by atoms with Crippen LogP contribution in [0.1, 0.15) is 38.1 Å². The molecule has 0 radical (unpaired) electrons. The van der Waals surface area contributed by atoms with Crippen LogP contribution in [0, 0.1) is 25.7 Å². The van der Waals surface area contributed by atoms with Crippen molar-refractivity contribution in [3.63, 3.8) is 0 Å². The van der Waals surface area contributed by atoms with Crippen molar-refractivity contribution >= 4 is 11.6 Å². The van der Waals surface area contributed by atoms with Crippen LogP contribution in [0.25, 0.3) is 0 Å². The molecule has 0 aromatic carbocycles. The van der Waals surface area contributed by atoms with E-state index in [9.17, 15) is 0 Å². The number of hydrogen-bond acceptors (Lipinski definition) is 4. The fourth-order valence-corrected chi connectivity index (χ4v) is 2.76. The second kappa shape index (κ2) is 5.12. The molecule has 0 aliphatic heterocycles. The van der Waals surface area contributed by atoms with Crippen LogP contribution in [0.15, 0.2) is 0 Å². The van der Waals surface area contributed by atoms with Crippen LogP contribution in [0.5, 0.6) is 0 Å². The SMILES string of the molecule is CNc1nc(C)nc(NC2CCC(C)C2C)c1C. The molecule has 1 aliphatic carbocycles. The van der Waals surface area contributed by atoms with Crippen molar-refractivity contribution in [3.8, 4) is 0 Å². The molecule has 4 nitrogen and oxygen atoms in total. The molecule has 0 spiro atoms. The van der Waals surface area contributed by atoms with Gasteiger partial charge >= 0.3 is 0 Å². The van der Waals surface area contributed by atoms with Crippen LogP contribution in [-0.4, -0.2) is 23.1 Å². The van der Waals surface area contributed by atoms with Gasteiger partial charge in [0.1, 0.15) is 17.5 Å². The largest absolute Gasteiger partial charge is 0.373 e. The third-order valence-electron chi connectivity index (χ3n) is 4.28. The van der Waals surface area contributed by atoms with Crippen LogP contribution < -0.4 is 10.6 Å². The Balaban J connectivity index is 2.21. The third kappa shape index (κ3) is 2.42. The van der Waals surface area contributed by atoms with Gasteiger partial charge in [-0.15, -0.1) is 0 Å². The van der Waals surface area contributed by atoms with E-state index in [1.807, 2.05) is 14.0 Å². The monoisotopic (exact) mass is 248 g/mol. The smallest absolute Gasteiger partial charge is 0.134 e. The minimum absolute atomic E-state index is 0.540. The first-order chi connectivity index (χ1) is 8.52. The van der Waals surface area contributed by atoms with Crippen LogP contribution >= 0.6 is 0 Å². The molecule has 100 valence electrons. The van der Waals surface area contributed by atoms with Gasteiger partial charge in [0.05, 0.1) is 0 Å². The van der Waals surface area contributed by atoms with Gasteiger partial charge in [-0.05, 0) is 38.5 Å². The van der Waals surface area contributed by atoms with Gasteiger partial charge in [0.15, 0.2) is 0 Å². The molecule has 2 rings (SSSR count). The summed E-state index contributed by atoms with van der Waals surface area (Å²) in [5.41, 5.74) is 1.11. The van der Waals surface area contributed by atoms with Gasteiger partial charge < -0.3 is 10.6 Å². The first kappa shape index (κ1) is 13.1. The fraction of sp³-hybridized carbons (Fsp3) is 0.714. The predicted octanol–water partition coefficient (Wildman–Crippen LogP) is 2.98. The molecule has 3 unspecified atom stereocenters. The van der Waals surface area contributed by atoms with E-state index in [2.05, 4.69) is 41.4 Å². The second-order valence-corrected chi connectivity index (χ2v) is 5.51. The summed E-state index contributed by atoms with van der Waals surface area (Å²) in [7, 11) is 1.90. The molecule has 3 atom stereocenters. The molecule has 1 aromatic heterocycles. The van der Waals surface area contributed by atoms with Crippen molar-refractivity contribution in [3.05, 3.63) is 11.4 Å². The molecule has 1 aromatic rings. The Morgan fingerprint density at radius 2 is 1.72 bits per heavy atom. The third-order valence-corrected chi connectivity index (χ3v) is 4.28. The zero-order valence-corrected chi connectivity index (χ0v) is 12.0. The number of nitrogens with one attached hydrogen (secondary N) is 2. The zero-order chi connectivity index (χ0) is 13.3. The normalized spacial score (nSPS) is 27.3. The van der Waals surface area contributed by atoms with Crippen molar-refractivity contribution in [2.75, 3.05) is 17.7 Å². The fourth-order valence-electron chi connectivity index (χ4n) is 2.76. The average Bonchev–Trinajstić information content (AvgIpc) is 2.65. The van der Waals surface area contributed by atoms with Crippen LogP contribution in [0.4, 0.5) is 11.6 Å². The summed E-state index contributed by atoms with van der Waals surface area (Å²) >= 11 is 0. The van der Waals surface area contributed by atoms with E-state index in [0.29, 0.717) is 12.0 Å². The topological polar surface area (TPSA) is 49.8 Å². The van der Waals surface area contributed by atoms with Crippen LogP contribution in [-0.2, 0) is 0 Å². The standard InChI is InChI=1S/C14H24N4/c1-8-6-7-12(9(8)2)18-14-10(3)13(15-5)16-11(4)17-14/h8-9,12H,6-7H2,1-5H3,(H2,15,16,17,18). The molecule has 0 saturated heterocycles. The highest BCUT2D eigenvalue weighted by Crippen LogP contribution is 2.34. The van der Waals surface area contributed by atoms with E-state index in [-0.39, 0.29) is 0 Å². The minimum Gasteiger partial charge on any atom is -0.373 e. The first-order valence-corrected chi connectivity index (χ1v) is 6.82. The van der Waals surface area contributed by atoms with Crippen LogP contribution in [0.3, 0.4) is 0 Å². The summed E-state index contributed by atoms with van der Waals surface area (Å²) in [6, 6.07) is 0.540. The molecule has 1 heterocycles. The summed E-state index contributed by atoms with van der Waals surface area (Å²) in [4.78, 5) is 8.94. The molecular weight excluding hydrogens is 224 g/mol. The van der Waals surface area contributed by atoms with Crippen molar-refractivity contribution in [1.82, 2.24) is 9.97 Å². The number of aryl methyl sites for hydroxylation is 1. The highest BCUT2D eigenvalue weighted by atomic mass is 15.1. The maximum absolute atomic E-state index is 4.54. The Morgan fingerprint density at radius 3 is 2.28 bits per heavy atom. The maximum Gasteiger partial charge on any atom is 0.134 e. The Bertz CT molecular complexity index is 430. The molecule has 18 heavy (non-hydrogen) atoms. The Kier molecular flexibility index (Phi) is 3.73. The summed E-state index contributed by atoms with van der Waals surface area (Å²) in [6.07, 6.45) is 2.54. The summed E-state index contributed by atoms with van der Waals surface area (Å²) in [5, 5.41) is 6.74. The zero-order valence-electron chi connectivity index (χ0n) is 12.0. The summed E-state index contributed by atoms with van der Waals surface area (Å²) < 4.78 is 0. The van der Waals surface area contributed by atoms with Gasteiger partial charge in [0, 0.05) is 18.7 Å². The van der Waals surface area contributed by atoms with E-state index < -0.39 is 0 Å². The van der Waals surface area contributed by atoms with Crippen molar-refractivity contribution in [1.29, 1.82) is 0 Å². The molecular formula is C14H24N4. The van der Waals surface area contributed by atoms with Crippen molar-refractivity contribution < 1.29 is 0 Å². The maximum atomic E-state index is 4.54. The number of hydrogen-bond donors (Lipinski definition) is 2. The number of anilines is 2. The number of nitrogens with zero attached hydrogens (tertiary/aromatic N) is 2. The number of rotatable bonds is 3. The first-order valence-electron chi connectivity index (χ1n) is 6.82. The lowest BCUT2D eigenvalue weighted by atomic mass is 9.98. The van der Waals surface area contributed by atoms with Gasteiger partial charge in [-0.1, -0.05) is 13.8 Å². The predicted molar refractivity (Wildman–Crippen MR) is 76.0 cm³/mol. The lowest BCUT2D eigenvalue weighted by molar-refractivity contribution is 0.435. The van der Waals surface area contributed by atoms with E-state index >= 15 is 0 Å². The highest BCUT2D eigenvalue weighted by molar-refractivity contribution is 5.57.